The van der Waals surface area contributed by atoms with E-state index in [0.717, 1.165) is 60.8 Å². The summed E-state index contributed by atoms with van der Waals surface area (Å²) < 4.78 is 1.95. The molecule has 2 amide bonds. The summed E-state index contributed by atoms with van der Waals surface area (Å²) in [6, 6.07) is 3.73. The molecule has 1 aliphatic carbocycles. The molecule has 0 radical (unpaired) electrons. The number of anilines is 1. The average molecular weight is 563 g/mol. The highest BCUT2D eigenvalue weighted by Gasteiger charge is 2.66. The number of carbonyl (C=O) groups is 4. The zero-order valence-electron chi connectivity index (χ0n) is 25.3. The number of aromatic nitrogens is 1. The largest absolute Gasteiger partial charge is 0.385 e. The zero-order chi connectivity index (χ0) is 29.5. The number of hydrogen-bond acceptors (Lipinski definition) is 5. The summed E-state index contributed by atoms with van der Waals surface area (Å²) >= 11 is 0. The Kier molecular flexibility index (Phi) is 8.31. The number of benzene rings is 1. The third-order valence-electron chi connectivity index (χ3n) is 9.44. The van der Waals surface area contributed by atoms with Gasteiger partial charge >= 0.3 is 0 Å². The van der Waals surface area contributed by atoms with Crippen LogP contribution in [-0.2, 0) is 27.3 Å². The first-order valence-corrected chi connectivity index (χ1v) is 15.5. The van der Waals surface area contributed by atoms with Crippen molar-refractivity contribution >= 4 is 40.0 Å². The van der Waals surface area contributed by atoms with Crippen LogP contribution in [0.2, 0.25) is 0 Å². The van der Waals surface area contributed by atoms with E-state index >= 15 is 0 Å². The Morgan fingerprint density at radius 3 is 2.66 bits per heavy atom. The Bertz CT molecular complexity index is 1360. The number of nitrogens with one attached hydrogen (secondary N) is 2. The number of piperidine rings is 1. The van der Waals surface area contributed by atoms with E-state index in [9.17, 15) is 19.2 Å². The van der Waals surface area contributed by atoms with Crippen LogP contribution >= 0.6 is 0 Å². The molecule has 2 bridgehead atoms. The highest BCUT2D eigenvalue weighted by molar-refractivity contribution is 6.09. The second kappa shape index (κ2) is 11.6. The van der Waals surface area contributed by atoms with Gasteiger partial charge in [-0.05, 0) is 62.1 Å². The van der Waals surface area contributed by atoms with Crippen LogP contribution in [0.3, 0.4) is 0 Å². The summed E-state index contributed by atoms with van der Waals surface area (Å²) in [5, 5.41) is 7.55. The topological polar surface area (TPSA) is 101 Å². The van der Waals surface area contributed by atoms with Crippen molar-refractivity contribution in [3.05, 3.63) is 29.5 Å². The van der Waals surface area contributed by atoms with E-state index in [1.54, 1.807) is 6.92 Å². The lowest BCUT2D eigenvalue weighted by molar-refractivity contribution is -0.139. The van der Waals surface area contributed by atoms with Crippen molar-refractivity contribution in [1.29, 1.82) is 0 Å². The number of carbonyl (C=O) groups excluding carboxylic acids is 4. The van der Waals surface area contributed by atoms with E-state index in [0.29, 0.717) is 37.3 Å². The fourth-order valence-electron chi connectivity index (χ4n) is 7.10. The third-order valence-corrected chi connectivity index (χ3v) is 9.44. The second-order valence-corrected chi connectivity index (χ2v) is 13.3. The summed E-state index contributed by atoms with van der Waals surface area (Å²) in [7, 11) is 0. The molecular weight excluding hydrogens is 516 g/mol. The normalized spacial score (nSPS) is 27.0. The molecule has 2 fully saturated rings. The molecule has 8 heteroatoms. The van der Waals surface area contributed by atoms with E-state index in [2.05, 4.69) is 37.5 Å². The lowest BCUT2D eigenvalue weighted by atomic mass is 9.95. The van der Waals surface area contributed by atoms with E-state index in [-0.39, 0.29) is 47.3 Å². The quantitative estimate of drug-likeness (QED) is 0.476. The van der Waals surface area contributed by atoms with Crippen molar-refractivity contribution in [3.63, 3.8) is 0 Å². The predicted octanol–water partition coefficient (Wildman–Crippen LogP) is 5.12. The molecule has 3 heterocycles. The van der Waals surface area contributed by atoms with Crippen molar-refractivity contribution in [3.8, 4) is 0 Å². The molecule has 0 spiro atoms. The molecule has 4 atom stereocenters. The monoisotopic (exact) mass is 562 g/mol. The minimum absolute atomic E-state index is 0.0266. The number of Topliss-reactive ketones (excluding diaryl/α,β-unsaturated/α-hetero) is 2. The maximum atomic E-state index is 14.0. The molecular formula is C33H46N4O4. The molecule has 1 saturated heterocycles. The van der Waals surface area contributed by atoms with Crippen LogP contribution < -0.4 is 10.6 Å². The van der Waals surface area contributed by atoms with Gasteiger partial charge < -0.3 is 20.1 Å². The van der Waals surface area contributed by atoms with E-state index in [4.69, 9.17) is 0 Å². The second-order valence-electron chi connectivity index (χ2n) is 13.3. The van der Waals surface area contributed by atoms with Crippen LogP contribution in [0, 0.1) is 17.3 Å². The SMILES string of the molecule is CCC(=O)[C@@H]1C[C@]23CNC(=O)C[C@@H](C)CCCCc4cc(NCC(C)C)cc5c(C(C)=O)cn(c45)CC(=O)N1[C@@H]2C3. The molecule has 2 aliphatic heterocycles. The molecule has 3 aliphatic rings. The molecule has 41 heavy (non-hydrogen) atoms. The maximum Gasteiger partial charge on any atom is 0.243 e. The van der Waals surface area contributed by atoms with Gasteiger partial charge in [-0.3, -0.25) is 19.2 Å². The lowest BCUT2D eigenvalue weighted by Gasteiger charge is -2.27. The number of amides is 2. The third kappa shape index (κ3) is 5.93. The summed E-state index contributed by atoms with van der Waals surface area (Å²) in [5.41, 5.74) is 3.44. The van der Waals surface area contributed by atoms with Gasteiger partial charge in [-0.1, -0.05) is 40.5 Å². The maximum absolute atomic E-state index is 14.0. The Morgan fingerprint density at radius 2 is 1.95 bits per heavy atom. The van der Waals surface area contributed by atoms with Crippen LogP contribution in [0.4, 0.5) is 5.69 Å². The minimum atomic E-state index is -0.457. The smallest absolute Gasteiger partial charge is 0.243 e. The number of ketones is 2. The van der Waals surface area contributed by atoms with Gasteiger partial charge in [-0.25, -0.2) is 0 Å². The van der Waals surface area contributed by atoms with Gasteiger partial charge in [-0.15, -0.1) is 0 Å². The van der Waals surface area contributed by atoms with Gasteiger partial charge in [0, 0.05) is 60.2 Å². The van der Waals surface area contributed by atoms with Gasteiger partial charge in [0.15, 0.2) is 11.6 Å². The molecule has 1 aromatic heterocycles. The van der Waals surface area contributed by atoms with Crippen molar-refractivity contribution in [2.24, 2.45) is 17.3 Å². The first-order valence-electron chi connectivity index (χ1n) is 15.5. The van der Waals surface area contributed by atoms with Crippen LogP contribution in [0.25, 0.3) is 10.9 Å². The van der Waals surface area contributed by atoms with Gasteiger partial charge in [0.1, 0.15) is 6.54 Å². The standard InChI is InChI=1S/C33H46N4O4/c1-6-28(39)27-14-33-15-29(33)37(27)31(41)18-36-17-26(22(5)38)25-13-24(34-16-20(2)3)12-23(32(25)36)10-8-7-9-21(4)11-30(40)35-19-33/h12-13,17,20-21,27,29,34H,6-11,14-16,18-19H2,1-5H3,(H,35,40)/t21-,27-,29+,33-/m0/s1. The molecule has 2 N–H and O–H groups in total. The fraction of sp³-hybridized carbons (Fsp3) is 0.636. The molecule has 1 aromatic carbocycles. The van der Waals surface area contributed by atoms with Crippen molar-refractivity contribution in [2.45, 2.75) is 105 Å². The summed E-state index contributed by atoms with van der Waals surface area (Å²) in [6.07, 6.45) is 7.85. The van der Waals surface area contributed by atoms with Gasteiger partial charge in [0.25, 0.3) is 0 Å². The van der Waals surface area contributed by atoms with E-state index < -0.39 is 6.04 Å². The van der Waals surface area contributed by atoms with Crippen LogP contribution in [-0.4, -0.2) is 58.0 Å². The molecule has 5 rings (SSSR count). The Hall–Kier alpha value is -3.16. The molecule has 1 saturated carbocycles. The fourth-order valence-corrected chi connectivity index (χ4v) is 7.10. The molecule has 8 nitrogen and oxygen atoms in total. The molecule has 0 unspecified atom stereocenters. The van der Waals surface area contributed by atoms with E-state index in [1.807, 2.05) is 28.7 Å². The van der Waals surface area contributed by atoms with E-state index in [1.165, 1.54) is 0 Å². The number of hydrogen-bond donors (Lipinski definition) is 2. The molecule has 2 aromatic rings. The highest BCUT2D eigenvalue weighted by atomic mass is 16.2. The summed E-state index contributed by atoms with van der Waals surface area (Å²) in [6.45, 7) is 11.3. The Balaban J connectivity index is 1.57. The predicted molar refractivity (Wildman–Crippen MR) is 161 cm³/mol. The van der Waals surface area contributed by atoms with Gasteiger partial charge in [0.05, 0.1) is 11.6 Å². The first-order chi connectivity index (χ1) is 19.5. The van der Waals surface area contributed by atoms with Gasteiger partial charge in [-0.2, -0.15) is 0 Å². The number of aryl methyl sites for hydroxylation is 1. The summed E-state index contributed by atoms with van der Waals surface area (Å²) in [4.78, 5) is 54.5. The van der Waals surface area contributed by atoms with Crippen LogP contribution in [0.5, 0.6) is 0 Å². The minimum Gasteiger partial charge on any atom is -0.385 e. The van der Waals surface area contributed by atoms with Crippen LogP contribution in [0.15, 0.2) is 18.3 Å². The Labute approximate surface area is 243 Å². The van der Waals surface area contributed by atoms with Gasteiger partial charge in [0.2, 0.25) is 11.8 Å². The number of nitrogens with zero attached hydrogens (tertiary/aromatic N) is 2. The summed E-state index contributed by atoms with van der Waals surface area (Å²) in [5.74, 6) is 0.762. The van der Waals surface area contributed by atoms with Crippen molar-refractivity contribution in [1.82, 2.24) is 14.8 Å². The van der Waals surface area contributed by atoms with Crippen molar-refractivity contribution in [2.75, 3.05) is 18.4 Å². The highest BCUT2D eigenvalue weighted by Crippen LogP contribution is 2.59. The molecule has 222 valence electrons. The average Bonchev–Trinajstić information content (AvgIpc) is 3.33. The lowest BCUT2D eigenvalue weighted by Crippen LogP contribution is -2.44. The Morgan fingerprint density at radius 1 is 1.17 bits per heavy atom. The van der Waals surface area contributed by atoms with Crippen LogP contribution in [0.1, 0.15) is 95.5 Å². The van der Waals surface area contributed by atoms with Crippen molar-refractivity contribution < 1.29 is 19.2 Å². The zero-order valence-corrected chi connectivity index (χ0v) is 25.3. The number of rotatable bonds is 6. The first kappa shape index (κ1) is 29.3.